The van der Waals surface area contributed by atoms with Crippen molar-refractivity contribution in [2.24, 2.45) is 0 Å². The highest BCUT2D eigenvalue weighted by atomic mass is 79.9. The number of esters is 1. The third-order valence-corrected chi connectivity index (χ3v) is 3.07. The van der Waals surface area contributed by atoms with E-state index in [1.54, 1.807) is 0 Å². The van der Waals surface area contributed by atoms with Crippen molar-refractivity contribution in [3.8, 4) is 0 Å². The fourth-order valence-corrected chi connectivity index (χ4v) is 1.97. The van der Waals surface area contributed by atoms with Crippen molar-refractivity contribution < 1.29 is 9.53 Å². The van der Waals surface area contributed by atoms with Crippen LogP contribution in [0.2, 0.25) is 0 Å². The summed E-state index contributed by atoms with van der Waals surface area (Å²) in [5.41, 5.74) is 1.24. The molecule has 1 unspecified atom stereocenters. The lowest BCUT2D eigenvalue weighted by Crippen LogP contribution is -2.41. The van der Waals surface area contributed by atoms with Crippen molar-refractivity contribution in [1.29, 1.82) is 0 Å². The Hall–Kier alpha value is -0.870. The van der Waals surface area contributed by atoms with Crippen LogP contribution in [-0.2, 0) is 16.0 Å². The Labute approximate surface area is 111 Å². The molecule has 0 amide bonds. The first kappa shape index (κ1) is 14.2. The molecule has 3 nitrogen and oxygen atoms in total. The van der Waals surface area contributed by atoms with E-state index in [1.807, 2.05) is 19.1 Å². The van der Waals surface area contributed by atoms with Crippen molar-refractivity contribution in [2.45, 2.75) is 32.4 Å². The van der Waals surface area contributed by atoms with E-state index in [9.17, 15) is 4.79 Å². The molecular weight excluding hydrogens is 282 g/mol. The zero-order valence-corrected chi connectivity index (χ0v) is 12.0. The van der Waals surface area contributed by atoms with E-state index in [4.69, 9.17) is 0 Å². The van der Waals surface area contributed by atoms with Crippen molar-refractivity contribution >= 4 is 21.9 Å². The summed E-state index contributed by atoms with van der Waals surface area (Å²) in [6.45, 7) is 3.87. The molecule has 1 rings (SSSR count). The third kappa shape index (κ3) is 4.88. The molecule has 1 N–H and O–H groups in total. The van der Waals surface area contributed by atoms with Gasteiger partial charge >= 0.3 is 5.97 Å². The molecule has 0 aliphatic heterocycles. The maximum absolute atomic E-state index is 11.3. The van der Waals surface area contributed by atoms with Crippen LogP contribution in [0.4, 0.5) is 0 Å². The monoisotopic (exact) mass is 299 g/mol. The van der Waals surface area contributed by atoms with E-state index in [1.165, 1.54) is 12.7 Å². The molecule has 0 aliphatic rings. The predicted octanol–water partition coefficient (Wildman–Crippen LogP) is 2.53. The van der Waals surface area contributed by atoms with E-state index in [2.05, 4.69) is 45.0 Å². The molecule has 0 radical (unpaired) electrons. The van der Waals surface area contributed by atoms with Gasteiger partial charge in [-0.15, -0.1) is 0 Å². The number of methoxy groups -OCH3 is 1. The Morgan fingerprint density at radius 2 is 1.94 bits per heavy atom. The maximum Gasteiger partial charge on any atom is 0.322 e. The number of carbonyl (C=O) groups is 1. The molecule has 1 aromatic rings. The quantitative estimate of drug-likeness (QED) is 0.849. The summed E-state index contributed by atoms with van der Waals surface area (Å²) >= 11 is 3.40. The SMILES string of the molecule is COC(=O)[C@H](C)NC(C)Cc1ccc(Br)cc1. The zero-order valence-electron chi connectivity index (χ0n) is 10.4. The van der Waals surface area contributed by atoms with Gasteiger partial charge in [0.1, 0.15) is 6.04 Å². The molecule has 0 saturated heterocycles. The molecule has 0 saturated carbocycles. The lowest BCUT2D eigenvalue weighted by Gasteiger charge is -2.18. The van der Waals surface area contributed by atoms with E-state index < -0.39 is 0 Å². The van der Waals surface area contributed by atoms with Gasteiger partial charge in [0.2, 0.25) is 0 Å². The van der Waals surface area contributed by atoms with Crippen LogP contribution >= 0.6 is 15.9 Å². The Morgan fingerprint density at radius 3 is 2.47 bits per heavy atom. The van der Waals surface area contributed by atoms with Gasteiger partial charge in [0.05, 0.1) is 7.11 Å². The van der Waals surface area contributed by atoms with Gasteiger partial charge in [-0.05, 0) is 38.0 Å². The average molecular weight is 300 g/mol. The summed E-state index contributed by atoms with van der Waals surface area (Å²) in [5.74, 6) is -0.229. The number of hydrogen-bond acceptors (Lipinski definition) is 3. The number of nitrogens with one attached hydrogen (secondary N) is 1. The van der Waals surface area contributed by atoms with Crippen LogP contribution in [0.1, 0.15) is 19.4 Å². The van der Waals surface area contributed by atoms with Crippen molar-refractivity contribution in [3.05, 3.63) is 34.3 Å². The molecule has 0 aliphatic carbocycles. The number of hydrogen-bond donors (Lipinski definition) is 1. The van der Waals surface area contributed by atoms with Gasteiger partial charge in [0.15, 0.2) is 0 Å². The fourth-order valence-electron chi connectivity index (χ4n) is 1.70. The molecule has 1 aromatic carbocycles. The van der Waals surface area contributed by atoms with E-state index in [0.717, 1.165) is 10.9 Å². The number of ether oxygens (including phenoxy) is 1. The van der Waals surface area contributed by atoms with Crippen LogP contribution < -0.4 is 5.32 Å². The second-order valence-corrected chi connectivity index (χ2v) is 5.06. The third-order valence-electron chi connectivity index (χ3n) is 2.54. The average Bonchev–Trinajstić information content (AvgIpc) is 2.30. The molecule has 94 valence electrons. The van der Waals surface area contributed by atoms with Gasteiger partial charge in [0.25, 0.3) is 0 Å². The van der Waals surface area contributed by atoms with Crippen LogP contribution in [0.5, 0.6) is 0 Å². The molecule has 4 heteroatoms. The molecule has 17 heavy (non-hydrogen) atoms. The second kappa shape index (κ2) is 6.77. The molecule has 0 spiro atoms. The molecule has 0 heterocycles. The number of rotatable bonds is 5. The van der Waals surface area contributed by atoms with Gasteiger partial charge in [-0.2, -0.15) is 0 Å². The van der Waals surface area contributed by atoms with Crippen LogP contribution in [0.25, 0.3) is 0 Å². The van der Waals surface area contributed by atoms with Crippen LogP contribution in [0, 0.1) is 0 Å². The Balaban J connectivity index is 2.46. The molecule has 0 aromatic heterocycles. The van der Waals surface area contributed by atoms with E-state index >= 15 is 0 Å². The lowest BCUT2D eigenvalue weighted by molar-refractivity contribution is -0.142. The zero-order chi connectivity index (χ0) is 12.8. The van der Waals surface area contributed by atoms with Crippen molar-refractivity contribution in [2.75, 3.05) is 7.11 Å². The minimum absolute atomic E-state index is 0.227. The summed E-state index contributed by atoms with van der Waals surface area (Å²) in [7, 11) is 1.40. The second-order valence-electron chi connectivity index (χ2n) is 4.14. The van der Waals surface area contributed by atoms with Gasteiger partial charge in [-0.1, -0.05) is 28.1 Å². The molecular formula is C13H18BrNO2. The van der Waals surface area contributed by atoms with E-state index in [0.29, 0.717) is 0 Å². The Morgan fingerprint density at radius 1 is 1.35 bits per heavy atom. The van der Waals surface area contributed by atoms with Gasteiger partial charge in [0, 0.05) is 10.5 Å². The smallest absolute Gasteiger partial charge is 0.322 e. The highest BCUT2D eigenvalue weighted by Gasteiger charge is 2.15. The summed E-state index contributed by atoms with van der Waals surface area (Å²) in [6, 6.07) is 8.14. The number of halogens is 1. The van der Waals surface area contributed by atoms with E-state index in [-0.39, 0.29) is 18.1 Å². The van der Waals surface area contributed by atoms with Crippen LogP contribution in [0.15, 0.2) is 28.7 Å². The van der Waals surface area contributed by atoms with Gasteiger partial charge < -0.3 is 10.1 Å². The van der Waals surface area contributed by atoms with Gasteiger partial charge in [-0.25, -0.2) is 0 Å². The predicted molar refractivity (Wildman–Crippen MR) is 71.9 cm³/mol. The minimum atomic E-state index is -0.273. The van der Waals surface area contributed by atoms with Crippen LogP contribution in [0.3, 0.4) is 0 Å². The van der Waals surface area contributed by atoms with Crippen LogP contribution in [-0.4, -0.2) is 25.2 Å². The summed E-state index contributed by atoms with van der Waals surface area (Å²) < 4.78 is 5.75. The Kier molecular flexibility index (Phi) is 5.65. The first-order valence-corrected chi connectivity index (χ1v) is 6.40. The summed E-state index contributed by atoms with van der Waals surface area (Å²) in [5, 5.41) is 3.21. The topological polar surface area (TPSA) is 38.3 Å². The van der Waals surface area contributed by atoms with Gasteiger partial charge in [-0.3, -0.25) is 4.79 Å². The molecule has 0 bridgehead atoms. The summed E-state index contributed by atoms with van der Waals surface area (Å²) in [6.07, 6.45) is 0.884. The first-order valence-electron chi connectivity index (χ1n) is 5.61. The fraction of sp³-hybridized carbons (Fsp3) is 0.462. The highest BCUT2D eigenvalue weighted by Crippen LogP contribution is 2.12. The Bertz CT molecular complexity index is 364. The molecule has 2 atom stereocenters. The highest BCUT2D eigenvalue weighted by molar-refractivity contribution is 9.10. The lowest BCUT2D eigenvalue weighted by atomic mass is 10.1. The number of benzene rings is 1. The standard InChI is InChI=1S/C13H18BrNO2/c1-9(15-10(2)13(16)17-3)8-11-4-6-12(14)7-5-11/h4-7,9-10,15H,8H2,1-3H3/t9?,10-/m0/s1. The van der Waals surface area contributed by atoms with Crippen molar-refractivity contribution in [3.63, 3.8) is 0 Å². The largest absolute Gasteiger partial charge is 0.468 e. The maximum atomic E-state index is 11.3. The molecule has 0 fully saturated rings. The minimum Gasteiger partial charge on any atom is -0.468 e. The number of carbonyl (C=O) groups excluding carboxylic acids is 1. The normalized spacial score (nSPS) is 14.1. The first-order chi connectivity index (χ1) is 8.02. The summed E-state index contributed by atoms with van der Waals surface area (Å²) in [4.78, 5) is 11.3. The van der Waals surface area contributed by atoms with Crippen molar-refractivity contribution in [1.82, 2.24) is 5.32 Å².